The lowest BCUT2D eigenvalue weighted by Crippen LogP contribution is -2.60. The fraction of sp³-hybridized carbons (Fsp3) is 0.108. The number of aromatic nitrogens is 4. The van der Waals surface area contributed by atoms with Crippen molar-refractivity contribution in [3.63, 3.8) is 0 Å². The summed E-state index contributed by atoms with van der Waals surface area (Å²) in [5, 5.41) is 10.0. The molecule has 0 bridgehead atoms. The summed E-state index contributed by atoms with van der Waals surface area (Å²) in [5.74, 6) is 0. The van der Waals surface area contributed by atoms with Gasteiger partial charge in [0.1, 0.15) is 0 Å². The lowest BCUT2D eigenvalue weighted by molar-refractivity contribution is 0.590. The summed E-state index contributed by atoms with van der Waals surface area (Å²) in [6, 6.07) is 87.1. The zero-order valence-corrected chi connectivity index (χ0v) is 45.8. The molecule has 380 valence electrons. The highest BCUT2D eigenvalue weighted by atomic mass is 15.2. The molecule has 0 saturated carbocycles. The molecule has 6 heteroatoms. The Balaban J connectivity index is 1.06. The molecular weight excluding hydrogens is 970 g/mol. The third-order valence-corrected chi connectivity index (χ3v) is 18.0. The molecule has 5 nitrogen and oxygen atoms in total. The Bertz CT molecular complexity index is 5070. The van der Waals surface area contributed by atoms with Gasteiger partial charge < -0.3 is 23.2 Å². The van der Waals surface area contributed by atoms with Gasteiger partial charge in [-0.25, -0.2) is 0 Å². The quantitative estimate of drug-likeness (QED) is 0.161. The number of nitrogens with zero attached hydrogens (tertiary/aromatic N) is 5. The summed E-state index contributed by atoms with van der Waals surface area (Å²) < 4.78 is 10.3. The second-order valence-electron chi connectivity index (χ2n) is 24.5. The van der Waals surface area contributed by atoms with Crippen LogP contribution in [0, 0.1) is 0 Å². The van der Waals surface area contributed by atoms with Crippen LogP contribution in [0.3, 0.4) is 0 Å². The highest BCUT2D eigenvalue weighted by Crippen LogP contribution is 2.51. The number of rotatable bonds is 4. The van der Waals surface area contributed by atoms with E-state index in [9.17, 15) is 0 Å². The molecule has 0 fully saturated rings. The van der Waals surface area contributed by atoms with Crippen molar-refractivity contribution in [3.05, 3.63) is 242 Å². The third-order valence-electron chi connectivity index (χ3n) is 18.0. The molecule has 0 atom stereocenters. The highest BCUT2D eigenvalue weighted by Gasteiger charge is 2.43. The SMILES string of the molecule is CC(C)(C)c1ccc2c(c1)c1cc(C(C)(C)C)cc3c1n2-c1cccc2c1B3c1cc(-n3c4ccccc4c4c5c(c6ccccc6n5-c5ccccc5)c5c(c6ccccc6n5-c5ccccc5)c43)ccc1N2c1ccccc1. The smallest absolute Gasteiger partial charge is 0.252 e. The Morgan fingerprint density at radius 2 is 0.750 bits per heavy atom. The van der Waals surface area contributed by atoms with Gasteiger partial charge in [0.2, 0.25) is 0 Å². The zero-order chi connectivity index (χ0) is 53.5. The Labute approximate surface area is 464 Å². The van der Waals surface area contributed by atoms with Crippen LogP contribution in [-0.2, 0) is 10.8 Å². The monoisotopic (exact) mass is 1030 g/mol. The van der Waals surface area contributed by atoms with E-state index in [1.807, 2.05) is 0 Å². The first-order valence-corrected chi connectivity index (χ1v) is 28.3. The van der Waals surface area contributed by atoms with Crippen LogP contribution in [0.1, 0.15) is 52.7 Å². The predicted octanol–water partition coefficient (Wildman–Crippen LogP) is 17.3. The molecule has 4 aromatic heterocycles. The van der Waals surface area contributed by atoms with Crippen molar-refractivity contribution < 1.29 is 0 Å². The summed E-state index contributed by atoms with van der Waals surface area (Å²) in [7, 11) is 0. The first kappa shape index (κ1) is 45.5. The molecule has 17 rings (SSSR count). The molecule has 0 N–H and O–H groups in total. The second kappa shape index (κ2) is 16.1. The van der Waals surface area contributed by atoms with E-state index in [1.165, 1.54) is 132 Å². The van der Waals surface area contributed by atoms with Crippen molar-refractivity contribution in [2.24, 2.45) is 0 Å². The van der Waals surface area contributed by atoms with E-state index in [0.29, 0.717) is 0 Å². The van der Waals surface area contributed by atoms with Crippen LogP contribution in [0.25, 0.3) is 110 Å². The fourth-order valence-corrected chi connectivity index (χ4v) is 14.5. The van der Waals surface area contributed by atoms with Crippen molar-refractivity contribution >= 4 is 127 Å². The average molecular weight is 1030 g/mol. The van der Waals surface area contributed by atoms with E-state index >= 15 is 0 Å². The van der Waals surface area contributed by atoms with Crippen molar-refractivity contribution in [2.75, 3.05) is 4.90 Å². The summed E-state index contributed by atoms with van der Waals surface area (Å²) in [5.41, 5.74) is 24.5. The van der Waals surface area contributed by atoms with Gasteiger partial charge >= 0.3 is 0 Å². The minimum absolute atomic E-state index is 0.00590. The molecule has 80 heavy (non-hydrogen) atoms. The van der Waals surface area contributed by atoms with Crippen molar-refractivity contribution in [3.8, 4) is 22.7 Å². The van der Waals surface area contributed by atoms with Crippen LogP contribution in [-0.4, -0.2) is 25.0 Å². The molecule has 2 aliphatic heterocycles. The summed E-state index contributed by atoms with van der Waals surface area (Å²) in [6.07, 6.45) is 0. The van der Waals surface area contributed by atoms with Crippen molar-refractivity contribution in [2.45, 2.75) is 52.4 Å². The molecular formula is C74H56BN5. The molecule has 0 unspecified atom stereocenters. The van der Waals surface area contributed by atoms with Gasteiger partial charge in [0, 0.05) is 88.4 Å². The van der Waals surface area contributed by atoms with Gasteiger partial charge in [-0.2, -0.15) is 0 Å². The summed E-state index contributed by atoms with van der Waals surface area (Å²) in [4.78, 5) is 2.53. The van der Waals surface area contributed by atoms with Crippen molar-refractivity contribution in [1.82, 2.24) is 18.3 Å². The third kappa shape index (κ3) is 6.03. The molecule has 2 aliphatic rings. The Kier molecular flexibility index (Phi) is 9.13. The molecule has 11 aromatic carbocycles. The maximum atomic E-state index is 2.63. The fourth-order valence-electron chi connectivity index (χ4n) is 14.5. The van der Waals surface area contributed by atoms with E-state index in [2.05, 4.69) is 295 Å². The Morgan fingerprint density at radius 3 is 1.29 bits per heavy atom. The Morgan fingerprint density at radius 1 is 0.287 bits per heavy atom. The molecule has 0 amide bonds. The van der Waals surface area contributed by atoms with Crippen LogP contribution in [0.5, 0.6) is 0 Å². The molecule has 0 radical (unpaired) electrons. The van der Waals surface area contributed by atoms with Gasteiger partial charge in [0.25, 0.3) is 6.71 Å². The highest BCUT2D eigenvalue weighted by molar-refractivity contribution is 7.00. The van der Waals surface area contributed by atoms with Gasteiger partial charge in [0.15, 0.2) is 0 Å². The van der Waals surface area contributed by atoms with Gasteiger partial charge in [-0.1, -0.05) is 169 Å². The molecule has 0 saturated heterocycles. The zero-order valence-electron chi connectivity index (χ0n) is 45.8. The number of hydrogen-bond donors (Lipinski definition) is 0. The summed E-state index contributed by atoms with van der Waals surface area (Å²) >= 11 is 0. The normalized spacial score (nSPS) is 13.3. The number of anilines is 3. The van der Waals surface area contributed by atoms with Crippen LogP contribution in [0.15, 0.2) is 231 Å². The standard InChI is InChI=1S/C74H56BN5/c1-73(2,3)45-37-39-61-54(41-45)55-42-46(74(4,5)6)43-57-69(55)80(61)64-36-22-35-63-68(64)75(57)56-44-50(38-40-62(56)76(63)47-23-10-7-11-24-47)79-60-34-21-18-31-53(60)67-71-65(51-29-16-19-32-58(51)77(71)48-25-12-8-13-26-48)70-66(72(67)79)52-30-17-20-33-59(52)78(70)49-27-14-9-15-28-49/h7-44H,1-6H3. The molecule has 6 heterocycles. The largest absolute Gasteiger partial charge is 0.311 e. The van der Waals surface area contributed by atoms with Gasteiger partial charge in [0.05, 0.1) is 38.6 Å². The molecule has 15 aromatic rings. The molecule has 0 spiro atoms. The molecule has 0 aliphatic carbocycles. The average Bonchev–Trinajstić information content (AvgIpc) is 4.41. The predicted molar refractivity (Wildman–Crippen MR) is 341 cm³/mol. The lowest BCUT2D eigenvalue weighted by Gasteiger charge is -2.40. The van der Waals surface area contributed by atoms with Crippen LogP contribution in [0.2, 0.25) is 0 Å². The summed E-state index contributed by atoms with van der Waals surface area (Å²) in [6.45, 7) is 14.1. The van der Waals surface area contributed by atoms with E-state index < -0.39 is 0 Å². The minimum atomic E-state index is -0.100. The second-order valence-corrected chi connectivity index (χ2v) is 24.5. The van der Waals surface area contributed by atoms with Crippen molar-refractivity contribution in [1.29, 1.82) is 0 Å². The van der Waals surface area contributed by atoms with E-state index in [0.717, 1.165) is 22.7 Å². The Hall–Kier alpha value is -9.52. The van der Waals surface area contributed by atoms with E-state index in [4.69, 9.17) is 0 Å². The van der Waals surface area contributed by atoms with Gasteiger partial charge in [-0.05, 0) is 141 Å². The minimum Gasteiger partial charge on any atom is -0.311 e. The van der Waals surface area contributed by atoms with Crippen LogP contribution >= 0.6 is 0 Å². The van der Waals surface area contributed by atoms with E-state index in [-0.39, 0.29) is 17.5 Å². The van der Waals surface area contributed by atoms with Gasteiger partial charge in [-0.15, -0.1) is 0 Å². The maximum Gasteiger partial charge on any atom is 0.252 e. The van der Waals surface area contributed by atoms with Crippen LogP contribution in [0.4, 0.5) is 17.1 Å². The van der Waals surface area contributed by atoms with E-state index in [1.54, 1.807) is 0 Å². The van der Waals surface area contributed by atoms with Crippen LogP contribution < -0.4 is 21.3 Å². The number of benzene rings is 11. The topological polar surface area (TPSA) is 23.0 Å². The lowest BCUT2D eigenvalue weighted by atomic mass is 9.33. The number of para-hydroxylation sites is 6. The maximum absolute atomic E-state index is 2.63. The first-order valence-electron chi connectivity index (χ1n) is 28.3. The number of hydrogen-bond acceptors (Lipinski definition) is 1. The first-order chi connectivity index (χ1) is 39.0. The number of fused-ring (bicyclic) bond motifs is 19. The van der Waals surface area contributed by atoms with Gasteiger partial charge in [-0.3, -0.25) is 0 Å².